The first-order valence-electron chi connectivity index (χ1n) is 10.7. The number of nitrogens with two attached hydrogens (primary N) is 4. The second-order valence-corrected chi connectivity index (χ2v) is 8.29. The van der Waals surface area contributed by atoms with Crippen LogP contribution in [0.3, 0.4) is 0 Å². The summed E-state index contributed by atoms with van der Waals surface area (Å²) in [5, 5.41) is 17.1. The van der Waals surface area contributed by atoms with Gasteiger partial charge in [-0.15, -0.1) is 0 Å². The molecule has 3 amide bonds. The molecule has 0 spiro atoms. The van der Waals surface area contributed by atoms with Crippen LogP contribution in [0.2, 0.25) is 0 Å². The lowest BCUT2D eigenvalue weighted by atomic mass is 10.1. The summed E-state index contributed by atoms with van der Waals surface area (Å²) >= 11 is 1.49. The maximum atomic E-state index is 12.9. The summed E-state index contributed by atoms with van der Waals surface area (Å²) in [6.07, 6.45) is 4.05. The van der Waals surface area contributed by atoms with Crippen molar-refractivity contribution in [2.45, 2.75) is 56.7 Å². The zero-order valence-electron chi connectivity index (χ0n) is 19.0. The minimum atomic E-state index is -1.18. The SMILES string of the molecule is CSCCC(NC(=O)CN)C(=O)NC(CCCN=C(N)N)C(=O)NC(CCCCN)C(=O)O. The first kappa shape index (κ1) is 30.4. The second kappa shape index (κ2) is 17.9. The van der Waals surface area contributed by atoms with E-state index >= 15 is 0 Å². The van der Waals surface area contributed by atoms with Gasteiger partial charge in [0.1, 0.15) is 18.1 Å². The third-order valence-corrected chi connectivity index (χ3v) is 5.23. The molecule has 0 bridgehead atoms. The van der Waals surface area contributed by atoms with Gasteiger partial charge in [-0.1, -0.05) is 0 Å². The maximum absolute atomic E-state index is 12.9. The fourth-order valence-corrected chi connectivity index (χ4v) is 3.30. The molecule has 0 heterocycles. The lowest BCUT2D eigenvalue weighted by molar-refractivity contribution is -0.142. The number of carbonyl (C=O) groups is 4. The van der Waals surface area contributed by atoms with Crippen molar-refractivity contribution in [3.05, 3.63) is 0 Å². The van der Waals surface area contributed by atoms with Crippen LogP contribution in [0.4, 0.5) is 0 Å². The quantitative estimate of drug-likeness (QED) is 0.0566. The largest absolute Gasteiger partial charge is 0.480 e. The van der Waals surface area contributed by atoms with E-state index in [1.807, 2.05) is 6.26 Å². The molecule has 0 radical (unpaired) electrons. The number of carbonyl (C=O) groups excluding carboxylic acids is 3. The van der Waals surface area contributed by atoms with E-state index in [0.717, 1.165) is 0 Å². The molecule has 33 heavy (non-hydrogen) atoms. The highest BCUT2D eigenvalue weighted by molar-refractivity contribution is 7.98. The third kappa shape index (κ3) is 14.2. The Hall–Kier alpha value is -2.58. The average Bonchev–Trinajstić information content (AvgIpc) is 2.77. The molecule has 0 rings (SSSR count). The van der Waals surface area contributed by atoms with Gasteiger partial charge in [-0.2, -0.15) is 11.8 Å². The minimum absolute atomic E-state index is 0.104. The Kier molecular flexibility index (Phi) is 16.5. The van der Waals surface area contributed by atoms with Gasteiger partial charge < -0.3 is 44.0 Å². The number of rotatable bonds is 18. The zero-order chi connectivity index (χ0) is 25.2. The van der Waals surface area contributed by atoms with Crippen molar-refractivity contribution in [1.82, 2.24) is 16.0 Å². The van der Waals surface area contributed by atoms with Crippen molar-refractivity contribution in [1.29, 1.82) is 0 Å². The molecule has 0 aliphatic heterocycles. The van der Waals surface area contributed by atoms with Crippen LogP contribution in [0.1, 0.15) is 38.5 Å². The zero-order valence-corrected chi connectivity index (χ0v) is 19.9. The van der Waals surface area contributed by atoms with E-state index < -0.39 is 41.8 Å². The van der Waals surface area contributed by atoms with Crippen LogP contribution in [-0.2, 0) is 19.2 Å². The monoisotopic (exact) mass is 490 g/mol. The number of hydrogen-bond donors (Lipinski definition) is 8. The summed E-state index contributed by atoms with van der Waals surface area (Å²) < 4.78 is 0. The average molecular weight is 491 g/mol. The van der Waals surface area contributed by atoms with Crippen LogP contribution in [0.15, 0.2) is 4.99 Å². The summed E-state index contributed by atoms with van der Waals surface area (Å²) in [4.78, 5) is 52.8. The molecule has 0 aromatic heterocycles. The number of carboxylic acids is 1. The Morgan fingerprint density at radius 1 is 0.879 bits per heavy atom. The number of unbranched alkanes of at least 4 members (excludes halogenated alkanes) is 1. The van der Waals surface area contributed by atoms with Gasteiger partial charge >= 0.3 is 5.97 Å². The molecule has 0 saturated carbocycles. The summed E-state index contributed by atoms with van der Waals surface area (Å²) in [7, 11) is 0. The number of aliphatic imine (C=N–C) groups is 1. The van der Waals surface area contributed by atoms with Crippen molar-refractivity contribution >= 4 is 41.4 Å². The van der Waals surface area contributed by atoms with Gasteiger partial charge in [-0.3, -0.25) is 19.4 Å². The highest BCUT2D eigenvalue weighted by Gasteiger charge is 2.29. The van der Waals surface area contributed by atoms with Crippen molar-refractivity contribution in [2.75, 3.05) is 31.6 Å². The maximum Gasteiger partial charge on any atom is 0.326 e. The molecule has 0 aromatic carbocycles. The van der Waals surface area contributed by atoms with Gasteiger partial charge in [-0.05, 0) is 57.1 Å². The highest BCUT2D eigenvalue weighted by Crippen LogP contribution is 2.06. The van der Waals surface area contributed by atoms with E-state index in [-0.39, 0.29) is 31.9 Å². The Morgan fingerprint density at radius 2 is 1.45 bits per heavy atom. The molecule has 190 valence electrons. The summed E-state index contributed by atoms with van der Waals surface area (Å²) in [6, 6.07) is -3.05. The lowest BCUT2D eigenvalue weighted by Gasteiger charge is -2.24. The normalized spacial score (nSPS) is 13.3. The van der Waals surface area contributed by atoms with E-state index in [1.165, 1.54) is 11.8 Å². The van der Waals surface area contributed by atoms with Crippen LogP contribution in [0.5, 0.6) is 0 Å². The molecule has 0 aliphatic rings. The number of amides is 3. The van der Waals surface area contributed by atoms with Gasteiger partial charge in [-0.25, -0.2) is 4.79 Å². The number of nitrogens with zero attached hydrogens (tertiary/aromatic N) is 1. The Bertz CT molecular complexity index is 660. The van der Waals surface area contributed by atoms with Gasteiger partial charge in [0, 0.05) is 6.54 Å². The minimum Gasteiger partial charge on any atom is -0.480 e. The van der Waals surface area contributed by atoms with E-state index in [0.29, 0.717) is 38.0 Å². The van der Waals surface area contributed by atoms with E-state index in [9.17, 15) is 24.3 Å². The van der Waals surface area contributed by atoms with Crippen LogP contribution in [-0.4, -0.2) is 84.5 Å². The Morgan fingerprint density at radius 3 is 1.97 bits per heavy atom. The molecule has 14 heteroatoms. The molecule has 13 nitrogen and oxygen atoms in total. The smallest absolute Gasteiger partial charge is 0.326 e. The van der Waals surface area contributed by atoms with Crippen molar-refractivity contribution < 1.29 is 24.3 Å². The molecule has 0 saturated heterocycles. The van der Waals surface area contributed by atoms with Crippen LogP contribution in [0.25, 0.3) is 0 Å². The second-order valence-electron chi connectivity index (χ2n) is 7.30. The highest BCUT2D eigenvalue weighted by atomic mass is 32.2. The van der Waals surface area contributed by atoms with Crippen LogP contribution in [0, 0.1) is 0 Å². The Balaban J connectivity index is 5.39. The number of hydrogen-bond acceptors (Lipinski definition) is 8. The van der Waals surface area contributed by atoms with Crippen molar-refractivity contribution in [3.63, 3.8) is 0 Å². The first-order valence-corrected chi connectivity index (χ1v) is 12.1. The van der Waals surface area contributed by atoms with Gasteiger partial charge in [0.2, 0.25) is 17.7 Å². The molecule has 0 fully saturated rings. The topological polar surface area (TPSA) is 241 Å². The molecule has 0 aliphatic carbocycles. The molecule has 0 aromatic rings. The predicted molar refractivity (Wildman–Crippen MR) is 128 cm³/mol. The molecule has 12 N–H and O–H groups in total. The van der Waals surface area contributed by atoms with E-state index in [1.54, 1.807) is 0 Å². The van der Waals surface area contributed by atoms with Gasteiger partial charge in [0.25, 0.3) is 0 Å². The summed E-state index contributed by atoms with van der Waals surface area (Å²) in [6.45, 7) is 0.352. The number of nitrogens with one attached hydrogen (secondary N) is 3. The lowest BCUT2D eigenvalue weighted by Crippen LogP contribution is -2.56. The first-order chi connectivity index (χ1) is 15.7. The van der Waals surface area contributed by atoms with Gasteiger partial charge in [0.15, 0.2) is 5.96 Å². The number of aliphatic carboxylic acids is 1. The fraction of sp³-hybridized carbons (Fsp3) is 0.737. The van der Waals surface area contributed by atoms with Crippen LogP contribution < -0.4 is 38.9 Å². The van der Waals surface area contributed by atoms with Crippen molar-refractivity contribution in [3.8, 4) is 0 Å². The standard InChI is InChI=1S/C19H38N8O5S/c1-33-10-7-13(25-15(28)11-21)17(30)26-12(6-4-9-24-19(22)23)16(29)27-14(18(31)32)5-2-3-8-20/h12-14H,2-11,20-21H2,1H3,(H,25,28)(H,26,30)(H,27,29)(H,31,32)(H4,22,23,24). The predicted octanol–water partition coefficient (Wildman–Crippen LogP) is -2.58. The fourth-order valence-electron chi connectivity index (χ4n) is 2.82. The summed E-state index contributed by atoms with van der Waals surface area (Å²) in [5.74, 6) is -2.42. The van der Waals surface area contributed by atoms with E-state index in [4.69, 9.17) is 22.9 Å². The van der Waals surface area contributed by atoms with Gasteiger partial charge in [0.05, 0.1) is 6.54 Å². The number of thioether (sulfide) groups is 1. The third-order valence-electron chi connectivity index (χ3n) is 4.59. The van der Waals surface area contributed by atoms with Crippen LogP contribution >= 0.6 is 11.8 Å². The Labute approximate surface area is 198 Å². The molecular formula is C19H38N8O5S. The number of carboxylic acid groups (broad SMARTS) is 1. The summed E-state index contributed by atoms with van der Waals surface area (Å²) in [5.41, 5.74) is 21.4. The van der Waals surface area contributed by atoms with E-state index in [2.05, 4.69) is 20.9 Å². The molecule has 3 atom stereocenters. The molecular weight excluding hydrogens is 452 g/mol. The van der Waals surface area contributed by atoms with Crippen molar-refractivity contribution in [2.24, 2.45) is 27.9 Å². The molecule has 3 unspecified atom stereocenters. The number of guanidine groups is 1.